The number of hydrogen-bond donors (Lipinski definition) is 0. The summed E-state index contributed by atoms with van der Waals surface area (Å²) in [6, 6.07) is 54.6. The van der Waals surface area contributed by atoms with E-state index in [9.17, 15) is 9.59 Å². The molecule has 10 rings (SSSR count). The number of ether oxygens (including phenoxy) is 2. The molecule has 2 aliphatic rings. The molecule has 8 nitrogen and oxygen atoms in total. The van der Waals surface area contributed by atoms with Gasteiger partial charge in [0, 0.05) is 11.1 Å². The van der Waals surface area contributed by atoms with Gasteiger partial charge in [-0.05, 0) is 193 Å². The highest BCUT2D eigenvalue weighted by molar-refractivity contribution is 6.12. The van der Waals surface area contributed by atoms with Crippen LogP contribution in [-0.4, -0.2) is 11.9 Å². The van der Waals surface area contributed by atoms with E-state index in [1.165, 1.54) is 88.2 Å². The lowest BCUT2D eigenvalue weighted by molar-refractivity contribution is 0.0725. The summed E-state index contributed by atoms with van der Waals surface area (Å²) in [6.07, 6.45) is 15.2. The van der Waals surface area contributed by atoms with Crippen molar-refractivity contribution in [2.45, 2.75) is 103 Å². The van der Waals surface area contributed by atoms with E-state index in [-0.39, 0.29) is 0 Å². The molecule has 362 valence electrons. The maximum Gasteiger partial charge on any atom is 0.343 e. The Labute approximate surface area is 423 Å². The predicted octanol–water partition coefficient (Wildman–Crippen LogP) is 19.1. The van der Waals surface area contributed by atoms with Crippen LogP contribution in [-0.2, 0) is 0 Å². The van der Waals surface area contributed by atoms with Gasteiger partial charge in [0.2, 0.25) is 0 Å². The molecule has 0 saturated heterocycles. The molecule has 2 saturated carbocycles. The first-order valence-electron chi connectivity index (χ1n) is 26.1. The second-order valence-corrected chi connectivity index (χ2v) is 19.8. The highest BCUT2D eigenvalue weighted by Gasteiger charge is 2.24. The van der Waals surface area contributed by atoms with Gasteiger partial charge in [-0.15, -0.1) is 10.2 Å². The number of fused-ring (bicyclic) bond motifs is 2. The van der Waals surface area contributed by atoms with E-state index in [0.717, 1.165) is 44.5 Å². The Morgan fingerprint density at radius 1 is 0.417 bits per heavy atom. The number of azo groups is 2. The molecule has 8 heteroatoms. The molecule has 8 aromatic carbocycles. The Morgan fingerprint density at radius 3 is 1.17 bits per heavy atom. The smallest absolute Gasteiger partial charge is 0.343 e. The normalized spacial score (nSPS) is 18.2. The van der Waals surface area contributed by atoms with Gasteiger partial charge in [-0.1, -0.05) is 124 Å². The molecule has 72 heavy (non-hydrogen) atoms. The highest BCUT2D eigenvalue weighted by atomic mass is 16.5. The molecule has 0 atom stereocenters. The van der Waals surface area contributed by atoms with Gasteiger partial charge in [0.1, 0.15) is 11.5 Å². The van der Waals surface area contributed by atoms with Crippen LogP contribution in [0.2, 0.25) is 0 Å². The molecular weight excluding hydrogens is 889 g/mol. The first-order valence-corrected chi connectivity index (χ1v) is 26.1. The van der Waals surface area contributed by atoms with Crippen molar-refractivity contribution >= 4 is 56.2 Å². The van der Waals surface area contributed by atoms with Gasteiger partial charge in [0.25, 0.3) is 0 Å². The zero-order valence-electron chi connectivity index (χ0n) is 41.4. The van der Waals surface area contributed by atoms with Crippen molar-refractivity contribution in [3.05, 3.63) is 192 Å². The maximum atomic E-state index is 13.2. The van der Waals surface area contributed by atoms with E-state index in [0.29, 0.717) is 57.2 Å². The second-order valence-electron chi connectivity index (χ2n) is 19.8. The van der Waals surface area contributed by atoms with Crippen LogP contribution in [0.25, 0.3) is 32.7 Å². The first kappa shape index (κ1) is 48.1. The van der Waals surface area contributed by atoms with E-state index in [1.807, 2.05) is 60.7 Å². The van der Waals surface area contributed by atoms with Crippen molar-refractivity contribution in [3.63, 3.8) is 0 Å². The van der Waals surface area contributed by atoms with E-state index < -0.39 is 11.9 Å². The first-order chi connectivity index (χ1) is 35.4. The maximum absolute atomic E-state index is 13.2. The fourth-order valence-electron chi connectivity index (χ4n) is 11.1. The molecule has 0 bridgehead atoms. The van der Waals surface area contributed by atoms with Gasteiger partial charge in [-0.25, -0.2) is 9.59 Å². The lowest BCUT2D eigenvalue weighted by atomic mass is 9.77. The number of benzene rings is 8. The molecule has 0 aliphatic heterocycles. The van der Waals surface area contributed by atoms with Gasteiger partial charge >= 0.3 is 11.9 Å². The summed E-state index contributed by atoms with van der Waals surface area (Å²) in [6.45, 7) is 4.55. The summed E-state index contributed by atoms with van der Waals surface area (Å²) < 4.78 is 11.6. The molecule has 0 N–H and O–H groups in total. The minimum atomic E-state index is -0.393. The molecule has 0 amide bonds. The Kier molecular flexibility index (Phi) is 15.1. The van der Waals surface area contributed by atoms with Crippen molar-refractivity contribution in [1.82, 2.24) is 0 Å². The van der Waals surface area contributed by atoms with Crippen LogP contribution < -0.4 is 9.47 Å². The molecule has 2 aliphatic carbocycles. The van der Waals surface area contributed by atoms with Crippen molar-refractivity contribution in [2.75, 3.05) is 0 Å². The standard InChI is InChI=1S/C64H62N4O4/c1-3-9-43-15-19-45(20-16-43)47-23-27-51(28-24-47)63(69)71-55-37-33-53(34-38-55)65-67-59-41-31-49-11-5-7-13-57(49)61(59)62-58-14-8-6-12-50(58)32-42-60(62)68-66-54-35-39-56(40-36-54)72-64(70)52-29-25-48(26-30-52)46-21-17-44(10-4-2)18-22-46/h5-8,11-14,23-46H,3-4,9-10,15-22H2,1-2H3. The van der Waals surface area contributed by atoms with Crippen molar-refractivity contribution in [2.24, 2.45) is 32.3 Å². The van der Waals surface area contributed by atoms with Crippen LogP contribution in [0.3, 0.4) is 0 Å². The summed E-state index contributed by atoms with van der Waals surface area (Å²) in [5.41, 5.74) is 7.94. The van der Waals surface area contributed by atoms with Crippen molar-refractivity contribution in [3.8, 4) is 22.6 Å². The van der Waals surface area contributed by atoms with Gasteiger partial charge in [-0.2, -0.15) is 10.2 Å². The monoisotopic (exact) mass is 950 g/mol. The zero-order chi connectivity index (χ0) is 49.2. The van der Waals surface area contributed by atoms with Crippen LogP contribution in [0.4, 0.5) is 22.7 Å². The average molecular weight is 951 g/mol. The fourth-order valence-corrected chi connectivity index (χ4v) is 11.1. The summed E-state index contributed by atoms with van der Waals surface area (Å²) in [5.74, 6) is 2.91. The minimum Gasteiger partial charge on any atom is -0.423 e. The molecule has 8 aromatic rings. The third-order valence-electron chi connectivity index (χ3n) is 15.0. The fraction of sp³-hybridized carbons (Fsp3) is 0.281. The molecule has 2 fully saturated rings. The molecule has 0 unspecified atom stereocenters. The van der Waals surface area contributed by atoms with Gasteiger partial charge in [-0.3, -0.25) is 0 Å². The second kappa shape index (κ2) is 22.7. The molecule has 0 heterocycles. The Balaban J connectivity index is 0.843. The molecular formula is C64H62N4O4. The molecule has 0 radical (unpaired) electrons. The van der Waals surface area contributed by atoms with Crippen LogP contribution in [0.15, 0.2) is 190 Å². The topological polar surface area (TPSA) is 102 Å². The number of nitrogens with zero attached hydrogens (tertiary/aromatic N) is 4. The van der Waals surface area contributed by atoms with Crippen molar-refractivity contribution < 1.29 is 19.1 Å². The summed E-state index contributed by atoms with van der Waals surface area (Å²) in [7, 11) is 0. The minimum absolute atomic E-state index is 0.393. The Morgan fingerprint density at radius 2 is 0.792 bits per heavy atom. The van der Waals surface area contributed by atoms with Gasteiger partial charge in [0.15, 0.2) is 0 Å². The van der Waals surface area contributed by atoms with Gasteiger partial charge in [0.05, 0.1) is 33.9 Å². The van der Waals surface area contributed by atoms with E-state index >= 15 is 0 Å². The number of rotatable bonds is 15. The lowest BCUT2D eigenvalue weighted by Gasteiger charge is -2.28. The van der Waals surface area contributed by atoms with E-state index in [2.05, 4.69) is 74.5 Å². The van der Waals surface area contributed by atoms with Crippen LogP contribution >= 0.6 is 0 Å². The SMILES string of the molecule is CCCC1CCC(c2ccc(C(=O)Oc3ccc(N=Nc4ccc5ccccc5c4-c4c(N=Nc5ccc(OC(=O)c6ccc(C7CCC(CCC)CC7)cc6)cc5)ccc5ccccc45)cc3)cc2)CC1. The highest BCUT2D eigenvalue weighted by Crippen LogP contribution is 2.47. The lowest BCUT2D eigenvalue weighted by Crippen LogP contribution is -2.13. The van der Waals surface area contributed by atoms with E-state index in [4.69, 9.17) is 29.9 Å². The number of carbonyl (C=O) groups excluding carboxylic acids is 2. The Hall–Kier alpha value is -7.58. The molecule has 0 spiro atoms. The van der Waals surface area contributed by atoms with Crippen LogP contribution in [0.5, 0.6) is 11.5 Å². The van der Waals surface area contributed by atoms with Crippen molar-refractivity contribution in [1.29, 1.82) is 0 Å². The number of hydrogen-bond acceptors (Lipinski definition) is 8. The third-order valence-corrected chi connectivity index (χ3v) is 15.0. The zero-order valence-corrected chi connectivity index (χ0v) is 41.4. The summed E-state index contributed by atoms with van der Waals surface area (Å²) in [4.78, 5) is 26.4. The van der Waals surface area contributed by atoms with Crippen LogP contribution in [0, 0.1) is 11.8 Å². The predicted molar refractivity (Wildman–Crippen MR) is 290 cm³/mol. The van der Waals surface area contributed by atoms with Crippen LogP contribution in [0.1, 0.15) is 135 Å². The summed E-state index contributed by atoms with van der Waals surface area (Å²) >= 11 is 0. The number of carbonyl (C=O) groups is 2. The average Bonchev–Trinajstić information content (AvgIpc) is 3.43. The Bertz CT molecular complexity index is 2980. The van der Waals surface area contributed by atoms with Gasteiger partial charge < -0.3 is 9.47 Å². The number of esters is 2. The summed E-state index contributed by atoms with van der Waals surface area (Å²) in [5, 5.41) is 23.2. The molecule has 0 aromatic heterocycles. The third kappa shape index (κ3) is 11.3. The largest absolute Gasteiger partial charge is 0.423 e. The van der Waals surface area contributed by atoms with E-state index in [1.54, 1.807) is 48.5 Å². The quantitative estimate of drug-likeness (QED) is 0.0580.